The summed E-state index contributed by atoms with van der Waals surface area (Å²) in [5, 5.41) is 36.3. The van der Waals surface area contributed by atoms with Gasteiger partial charge in [0.05, 0.1) is 12.1 Å². The van der Waals surface area contributed by atoms with Gasteiger partial charge in [-0.2, -0.15) is 0 Å². The van der Waals surface area contributed by atoms with Crippen LogP contribution in [0.25, 0.3) is 0 Å². The van der Waals surface area contributed by atoms with Crippen LogP contribution in [-0.4, -0.2) is 78.2 Å². The summed E-state index contributed by atoms with van der Waals surface area (Å²) in [6, 6.07) is 7.09. The molecular formula is C23H38N8O6. The number of guanidine groups is 1. The number of amides is 3. The van der Waals surface area contributed by atoms with Crippen LogP contribution in [0.1, 0.15) is 38.7 Å². The van der Waals surface area contributed by atoms with Crippen molar-refractivity contribution < 1.29 is 24.5 Å². The lowest BCUT2D eigenvalue weighted by atomic mass is 10.0. The van der Waals surface area contributed by atoms with Crippen LogP contribution in [0.4, 0.5) is 0 Å². The number of nitrogens with zero attached hydrogens (tertiary/aromatic N) is 2. The predicted molar refractivity (Wildman–Crippen MR) is 138 cm³/mol. The van der Waals surface area contributed by atoms with Crippen LogP contribution in [0.15, 0.2) is 35.4 Å². The van der Waals surface area contributed by atoms with Gasteiger partial charge in [-0.05, 0) is 45.2 Å². The van der Waals surface area contributed by atoms with Crippen molar-refractivity contribution in [2.75, 3.05) is 20.1 Å². The molecule has 3 amide bonds. The van der Waals surface area contributed by atoms with Crippen LogP contribution in [0.5, 0.6) is 0 Å². The van der Waals surface area contributed by atoms with E-state index in [2.05, 4.69) is 31.7 Å². The molecule has 0 aliphatic heterocycles. The maximum Gasteiger partial charge on any atom is 0.266 e. The van der Waals surface area contributed by atoms with Crippen LogP contribution in [-0.2, 0) is 20.8 Å². The Hall–Kier alpha value is -3.78. The molecule has 0 radical (unpaired) electrons. The molecule has 37 heavy (non-hydrogen) atoms. The van der Waals surface area contributed by atoms with E-state index in [4.69, 9.17) is 5.73 Å². The van der Waals surface area contributed by atoms with Crippen LogP contribution < -0.4 is 32.3 Å². The highest BCUT2D eigenvalue weighted by atomic mass is 16.7. The van der Waals surface area contributed by atoms with Gasteiger partial charge in [0.15, 0.2) is 11.1 Å². The Labute approximate surface area is 216 Å². The number of hydrazone groups is 1. The summed E-state index contributed by atoms with van der Waals surface area (Å²) in [6.45, 7) is 3.75. The summed E-state index contributed by atoms with van der Waals surface area (Å²) in [7, 11) is 1.64. The number of nitrogens with two attached hydrogens (primary N) is 1. The Morgan fingerprint density at radius 3 is 2.35 bits per heavy atom. The number of nitro groups is 1. The molecule has 0 bridgehead atoms. The molecule has 0 aromatic heterocycles. The first-order valence-electron chi connectivity index (χ1n) is 12.1. The normalized spacial score (nSPS) is 14.5. The number of nitrogens with one attached hydrogen (secondary N) is 5. The van der Waals surface area contributed by atoms with Gasteiger partial charge >= 0.3 is 0 Å². The molecule has 0 saturated carbocycles. The topological polar surface area (TPSA) is 213 Å². The van der Waals surface area contributed by atoms with Crippen LogP contribution >= 0.6 is 0 Å². The van der Waals surface area contributed by atoms with E-state index in [1.165, 1.54) is 6.92 Å². The quantitative estimate of drug-likeness (QED) is 0.0445. The van der Waals surface area contributed by atoms with Crippen molar-refractivity contribution in [3.63, 3.8) is 0 Å². The molecule has 14 nitrogen and oxygen atoms in total. The molecule has 0 heterocycles. The number of hydrogen-bond donors (Lipinski definition) is 7. The van der Waals surface area contributed by atoms with E-state index in [-0.39, 0.29) is 31.8 Å². The number of aliphatic hydroxyl groups is 1. The Morgan fingerprint density at radius 2 is 1.76 bits per heavy atom. The molecule has 1 unspecified atom stereocenters. The van der Waals surface area contributed by atoms with Gasteiger partial charge in [0.2, 0.25) is 11.8 Å². The van der Waals surface area contributed by atoms with Gasteiger partial charge in [-0.3, -0.25) is 14.4 Å². The summed E-state index contributed by atoms with van der Waals surface area (Å²) in [6.07, 6.45) is -0.0782. The fourth-order valence-corrected chi connectivity index (χ4v) is 3.44. The van der Waals surface area contributed by atoms with Crippen molar-refractivity contribution in [3.8, 4) is 0 Å². The highest BCUT2D eigenvalue weighted by Gasteiger charge is 2.29. The molecule has 0 aliphatic rings. The molecule has 0 saturated heterocycles. The van der Waals surface area contributed by atoms with Gasteiger partial charge in [0, 0.05) is 13.1 Å². The second-order valence-corrected chi connectivity index (χ2v) is 8.36. The zero-order chi connectivity index (χ0) is 27.8. The Balaban J connectivity index is 2.77. The van der Waals surface area contributed by atoms with Gasteiger partial charge in [-0.1, -0.05) is 37.3 Å². The first-order chi connectivity index (χ1) is 17.6. The molecular weight excluding hydrogens is 484 g/mol. The Kier molecular flexibility index (Phi) is 14.2. The fourth-order valence-electron chi connectivity index (χ4n) is 3.44. The fraction of sp³-hybridized carbons (Fsp3) is 0.565. The summed E-state index contributed by atoms with van der Waals surface area (Å²) in [4.78, 5) is 48.0. The highest BCUT2D eigenvalue weighted by molar-refractivity contribution is 5.90. The molecule has 8 N–H and O–H groups in total. The SMILES string of the molecule is CC[C@@H](NC)C(=O)N[C@@H](C)C(=O)N[C@@H](CCCN/C(N)=N/[N+](=O)[O-])C(O)C(=O)NCCc1ccccc1. The maximum atomic E-state index is 12.8. The van der Waals surface area contributed by atoms with Crippen molar-refractivity contribution in [1.82, 2.24) is 26.6 Å². The summed E-state index contributed by atoms with van der Waals surface area (Å²) in [5.41, 5.74) is 6.40. The minimum atomic E-state index is -1.58. The van der Waals surface area contributed by atoms with Crippen molar-refractivity contribution in [1.29, 1.82) is 0 Å². The van der Waals surface area contributed by atoms with Gasteiger partial charge in [-0.15, -0.1) is 0 Å². The summed E-state index contributed by atoms with van der Waals surface area (Å²) >= 11 is 0. The standard InChI is InChI=1S/C23H38N8O6/c1-4-17(25-3)21(34)28-15(2)20(33)29-18(11-8-13-27-23(24)30-31(36)37)19(32)22(35)26-14-12-16-9-6-5-7-10-16/h5-7,9-10,15,17-19,25,32H,4,8,11-14H2,1-3H3,(H,26,35)(H,28,34)(H,29,33)(H3,24,27,30)/t15-,17+,18-,19?/m0/s1. The van der Waals surface area contributed by atoms with E-state index < -0.39 is 47.0 Å². The minimum Gasteiger partial charge on any atom is -0.381 e. The van der Waals surface area contributed by atoms with E-state index >= 15 is 0 Å². The lowest BCUT2D eigenvalue weighted by Gasteiger charge is -2.26. The van der Waals surface area contributed by atoms with Gasteiger partial charge < -0.3 is 37.4 Å². The molecule has 0 fully saturated rings. The average Bonchev–Trinajstić information content (AvgIpc) is 2.86. The van der Waals surface area contributed by atoms with Crippen LogP contribution in [0.3, 0.4) is 0 Å². The summed E-state index contributed by atoms with van der Waals surface area (Å²) < 4.78 is 0. The van der Waals surface area contributed by atoms with Crippen LogP contribution in [0, 0.1) is 10.1 Å². The number of aliphatic hydroxyl groups excluding tert-OH is 1. The third-order valence-electron chi connectivity index (χ3n) is 5.55. The van der Waals surface area contributed by atoms with E-state index in [9.17, 15) is 29.6 Å². The first-order valence-corrected chi connectivity index (χ1v) is 12.1. The number of carbonyl (C=O) groups is 3. The third kappa shape index (κ3) is 12.1. The highest BCUT2D eigenvalue weighted by Crippen LogP contribution is 2.06. The molecule has 0 aliphatic carbocycles. The molecule has 4 atom stereocenters. The number of hydrogen-bond acceptors (Lipinski definition) is 7. The van der Waals surface area contributed by atoms with E-state index in [1.54, 1.807) is 7.05 Å². The maximum absolute atomic E-state index is 12.8. The van der Waals surface area contributed by atoms with E-state index in [0.717, 1.165) is 5.56 Å². The number of benzene rings is 1. The lowest BCUT2D eigenvalue weighted by Crippen LogP contribution is -2.56. The lowest BCUT2D eigenvalue weighted by molar-refractivity contribution is -0.485. The predicted octanol–water partition coefficient (Wildman–Crippen LogP) is -1.43. The van der Waals surface area contributed by atoms with E-state index in [1.807, 2.05) is 37.3 Å². The van der Waals surface area contributed by atoms with Crippen LogP contribution in [0.2, 0.25) is 0 Å². The second kappa shape index (κ2) is 16.8. The number of carbonyl (C=O) groups excluding carboxylic acids is 3. The Bertz CT molecular complexity index is 910. The third-order valence-corrected chi connectivity index (χ3v) is 5.55. The molecule has 1 aromatic rings. The largest absolute Gasteiger partial charge is 0.381 e. The zero-order valence-electron chi connectivity index (χ0n) is 21.4. The molecule has 1 rings (SSSR count). The summed E-state index contributed by atoms with van der Waals surface area (Å²) in [5.74, 6) is -1.99. The number of likely N-dealkylation sites (N-methyl/N-ethyl adjacent to an activating group) is 1. The Morgan fingerprint density at radius 1 is 1.08 bits per heavy atom. The molecule has 14 heteroatoms. The van der Waals surface area contributed by atoms with Gasteiger partial charge in [-0.25, -0.2) is 10.1 Å². The van der Waals surface area contributed by atoms with Crippen molar-refractivity contribution in [2.24, 2.45) is 10.8 Å². The molecule has 0 spiro atoms. The average molecular weight is 523 g/mol. The van der Waals surface area contributed by atoms with E-state index in [0.29, 0.717) is 12.8 Å². The van der Waals surface area contributed by atoms with Gasteiger partial charge in [0.1, 0.15) is 11.1 Å². The van der Waals surface area contributed by atoms with Gasteiger partial charge in [0.25, 0.3) is 11.9 Å². The minimum absolute atomic E-state index is 0.131. The second-order valence-electron chi connectivity index (χ2n) is 8.36. The molecule has 1 aromatic carbocycles. The van der Waals surface area contributed by atoms with Crippen molar-refractivity contribution in [2.45, 2.75) is 63.8 Å². The number of rotatable bonds is 16. The first kappa shape index (κ1) is 31.3. The van der Waals surface area contributed by atoms with Crippen molar-refractivity contribution in [3.05, 3.63) is 46.0 Å². The smallest absolute Gasteiger partial charge is 0.266 e. The molecule has 206 valence electrons. The monoisotopic (exact) mass is 522 g/mol. The van der Waals surface area contributed by atoms with Crippen molar-refractivity contribution >= 4 is 23.7 Å². The zero-order valence-corrected chi connectivity index (χ0v) is 21.4.